The van der Waals surface area contributed by atoms with E-state index in [1.165, 1.54) is 24.0 Å². The van der Waals surface area contributed by atoms with Crippen LogP contribution in [0.1, 0.15) is 24.0 Å². The maximum absolute atomic E-state index is 5.30. The van der Waals surface area contributed by atoms with Crippen LogP contribution in [0.15, 0.2) is 60.2 Å². The van der Waals surface area contributed by atoms with Gasteiger partial charge in [0.05, 0.1) is 14.2 Å². The summed E-state index contributed by atoms with van der Waals surface area (Å²) in [7, 11) is 5.75. The summed E-state index contributed by atoms with van der Waals surface area (Å²) >= 11 is 0. The number of hydrogen-bond donors (Lipinski definition) is 0. The van der Waals surface area contributed by atoms with Crippen molar-refractivity contribution in [3.8, 4) is 11.5 Å². The molecular weight excluding hydrogens is 334 g/mol. The zero-order valence-electron chi connectivity index (χ0n) is 16.5. The van der Waals surface area contributed by atoms with E-state index in [0.29, 0.717) is 18.0 Å². The van der Waals surface area contributed by atoms with E-state index in [9.17, 15) is 0 Å². The van der Waals surface area contributed by atoms with Gasteiger partial charge >= 0.3 is 0 Å². The number of benzene rings is 2. The predicted molar refractivity (Wildman–Crippen MR) is 110 cm³/mol. The average molecular weight is 364 g/mol. The molecule has 0 N–H and O–H groups in total. The smallest absolute Gasteiger partial charge is 0.118 e. The van der Waals surface area contributed by atoms with Gasteiger partial charge in [0.25, 0.3) is 0 Å². The molecule has 0 saturated carbocycles. The van der Waals surface area contributed by atoms with Crippen LogP contribution in [-0.4, -0.2) is 38.3 Å². The van der Waals surface area contributed by atoms with Gasteiger partial charge in [-0.2, -0.15) is 0 Å². The highest BCUT2D eigenvalue weighted by molar-refractivity contribution is 5.34. The lowest BCUT2D eigenvalue weighted by Crippen LogP contribution is -2.42. The highest BCUT2D eigenvalue weighted by atomic mass is 16.5. The van der Waals surface area contributed by atoms with Crippen molar-refractivity contribution in [2.75, 3.05) is 21.3 Å². The van der Waals surface area contributed by atoms with Gasteiger partial charge in [-0.15, -0.1) is 0 Å². The average Bonchev–Trinajstić information content (AvgIpc) is 2.99. The maximum atomic E-state index is 5.30. The lowest BCUT2D eigenvalue weighted by molar-refractivity contribution is 0.200. The minimum atomic E-state index is 0.579. The number of methoxy groups -OCH3 is 2. The summed E-state index contributed by atoms with van der Waals surface area (Å²) in [5.41, 5.74) is 4.33. The number of rotatable bonds is 6. The van der Waals surface area contributed by atoms with Gasteiger partial charge < -0.3 is 9.47 Å². The summed E-state index contributed by atoms with van der Waals surface area (Å²) in [5.74, 6) is 2.43. The third-order valence-electron chi connectivity index (χ3n) is 6.30. The normalized spacial score (nSPS) is 24.6. The Morgan fingerprint density at radius 3 is 2.04 bits per heavy atom. The number of nitrogens with zero attached hydrogens (tertiary/aromatic N) is 1. The molecule has 2 heterocycles. The highest BCUT2D eigenvalue weighted by Gasteiger charge is 2.40. The van der Waals surface area contributed by atoms with Gasteiger partial charge in [0.15, 0.2) is 0 Å². The summed E-state index contributed by atoms with van der Waals surface area (Å²) < 4.78 is 10.6. The van der Waals surface area contributed by atoms with Crippen LogP contribution in [0.2, 0.25) is 0 Å². The van der Waals surface area contributed by atoms with Gasteiger partial charge in [0.2, 0.25) is 0 Å². The van der Waals surface area contributed by atoms with E-state index in [2.05, 4.69) is 66.6 Å². The topological polar surface area (TPSA) is 21.7 Å². The Morgan fingerprint density at radius 1 is 0.852 bits per heavy atom. The first-order chi connectivity index (χ1) is 13.2. The van der Waals surface area contributed by atoms with Crippen LogP contribution >= 0.6 is 0 Å². The van der Waals surface area contributed by atoms with E-state index < -0.39 is 0 Å². The largest absolute Gasteiger partial charge is 0.497 e. The molecule has 1 saturated heterocycles. The Kier molecular flexibility index (Phi) is 5.22. The third kappa shape index (κ3) is 3.74. The third-order valence-corrected chi connectivity index (χ3v) is 6.30. The second-order valence-electron chi connectivity index (χ2n) is 7.81. The summed E-state index contributed by atoms with van der Waals surface area (Å²) in [6.07, 6.45) is 7.28. The van der Waals surface area contributed by atoms with Crippen LogP contribution < -0.4 is 9.47 Å². The Bertz CT molecular complexity index is 794. The van der Waals surface area contributed by atoms with E-state index in [-0.39, 0.29) is 0 Å². The number of likely N-dealkylation sites (N-methyl/N-ethyl adjacent to an activating group) is 1. The van der Waals surface area contributed by atoms with Crippen LogP contribution in [0.3, 0.4) is 0 Å². The van der Waals surface area contributed by atoms with Crippen molar-refractivity contribution in [1.82, 2.24) is 4.90 Å². The SMILES string of the molecule is COc1ccc(CC2=C[C@H](Cc3ccc(OC)cc3)C3CCC2N3C)cc1. The molecule has 0 aromatic heterocycles. The molecule has 2 aliphatic heterocycles. The molecule has 27 heavy (non-hydrogen) atoms. The van der Waals surface area contributed by atoms with Crippen molar-refractivity contribution in [2.45, 2.75) is 37.8 Å². The summed E-state index contributed by atoms with van der Waals surface area (Å²) in [5, 5.41) is 0. The molecule has 4 rings (SSSR count). The molecule has 142 valence electrons. The maximum Gasteiger partial charge on any atom is 0.118 e. The molecule has 3 nitrogen and oxygen atoms in total. The van der Waals surface area contributed by atoms with Gasteiger partial charge in [0, 0.05) is 12.1 Å². The quantitative estimate of drug-likeness (QED) is 0.705. The zero-order valence-corrected chi connectivity index (χ0v) is 16.5. The van der Waals surface area contributed by atoms with Crippen molar-refractivity contribution in [1.29, 1.82) is 0 Å². The molecule has 2 bridgehead atoms. The Balaban J connectivity index is 1.54. The van der Waals surface area contributed by atoms with E-state index in [1.54, 1.807) is 19.8 Å². The Labute approximate surface area is 162 Å². The first-order valence-electron chi connectivity index (χ1n) is 9.86. The minimum absolute atomic E-state index is 0.579. The first kappa shape index (κ1) is 18.1. The highest BCUT2D eigenvalue weighted by Crippen LogP contribution is 2.40. The molecule has 0 radical (unpaired) electrons. The first-order valence-corrected chi connectivity index (χ1v) is 9.86. The molecule has 2 aromatic carbocycles. The van der Waals surface area contributed by atoms with Crippen molar-refractivity contribution < 1.29 is 9.47 Å². The van der Waals surface area contributed by atoms with Gasteiger partial charge in [-0.1, -0.05) is 35.9 Å². The lowest BCUT2D eigenvalue weighted by atomic mass is 9.85. The van der Waals surface area contributed by atoms with Gasteiger partial charge in [-0.05, 0) is 74.0 Å². The molecule has 3 heteroatoms. The van der Waals surface area contributed by atoms with Crippen molar-refractivity contribution in [3.05, 3.63) is 71.3 Å². The van der Waals surface area contributed by atoms with Crippen molar-refractivity contribution >= 4 is 0 Å². The van der Waals surface area contributed by atoms with E-state index in [4.69, 9.17) is 9.47 Å². The van der Waals surface area contributed by atoms with Crippen LogP contribution in [-0.2, 0) is 12.8 Å². The fourth-order valence-electron chi connectivity index (χ4n) is 4.81. The van der Waals surface area contributed by atoms with Crippen LogP contribution in [0.4, 0.5) is 0 Å². The zero-order chi connectivity index (χ0) is 18.8. The van der Waals surface area contributed by atoms with Crippen LogP contribution in [0.25, 0.3) is 0 Å². The van der Waals surface area contributed by atoms with E-state index in [1.807, 2.05) is 0 Å². The van der Waals surface area contributed by atoms with Gasteiger partial charge in [0.1, 0.15) is 11.5 Å². The van der Waals surface area contributed by atoms with Crippen molar-refractivity contribution in [3.63, 3.8) is 0 Å². The molecule has 1 fully saturated rings. The Hall–Kier alpha value is -2.26. The molecule has 0 amide bonds. The summed E-state index contributed by atoms with van der Waals surface area (Å²) in [4.78, 5) is 2.62. The van der Waals surface area contributed by atoms with Crippen molar-refractivity contribution in [2.24, 2.45) is 5.92 Å². The number of hydrogen-bond acceptors (Lipinski definition) is 3. The fraction of sp³-hybridized carbons (Fsp3) is 0.417. The molecule has 2 aromatic rings. The van der Waals surface area contributed by atoms with Crippen LogP contribution in [0.5, 0.6) is 11.5 Å². The lowest BCUT2D eigenvalue weighted by Gasteiger charge is -2.37. The van der Waals surface area contributed by atoms with E-state index in [0.717, 1.165) is 24.3 Å². The van der Waals surface area contributed by atoms with Gasteiger partial charge in [-0.25, -0.2) is 0 Å². The minimum Gasteiger partial charge on any atom is -0.497 e. The molecule has 2 aliphatic rings. The predicted octanol–water partition coefficient (Wildman–Crippen LogP) is 4.51. The Morgan fingerprint density at radius 2 is 1.44 bits per heavy atom. The fourth-order valence-corrected chi connectivity index (χ4v) is 4.81. The summed E-state index contributed by atoms with van der Waals surface area (Å²) in [6, 6.07) is 18.3. The molecular formula is C24H29NO2. The van der Waals surface area contributed by atoms with E-state index >= 15 is 0 Å². The number of fused-ring (bicyclic) bond motifs is 2. The monoisotopic (exact) mass is 363 g/mol. The summed E-state index contributed by atoms with van der Waals surface area (Å²) in [6.45, 7) is 0. The second kappa shape index (κ2) is 7.77. The van der Waals surface area contributed by atoms with Gasteiger partial charge in [-0.3, -0.25) is 4.90 Å². The second-order valence-corrected chi connectivity index (χ2v) is 7.81. The van der Waals surface area contributed by atoms with Crippen LogP contribution in [0, 0.1) is 5.92 Å². The standard InChI is InChI=1S/C24H29NO2/c1-25-23-12-13-24(25)20(15-18-6-10-22(27-3)11-7-18)16-19(23)14-17-4-8-21(26-2)9-5-17/h4-11,16,19,23-24H,12-15H2,1-3H3/t19-,23?,24?/m0/s1. The molecule has 0 spiro atoms. The molecule has 0 aliphatic carbocycles. The molecule has 2 unspecified atom stereocenters. The number of ether oxygens (including phenoxy) is 2. The molecule has 3 atom stereocenters.